The zero-order chi connectivity index (χ0) is 27.1. The van der Waals surface area contributed by atoms with Gasteiger partial charge in [-0.1, -0.05) is 54.9 Å². The van der Waals surface area contributed by atoms with Gasteiger partial charge in [0.1, 0.15) is 5.82 Å². The molecule has 0 spiro atoms. The molecule has 1 saturated heterocycles. The molecule has 8 heteroatoms. The minimum Gasteiger partial charge on any atom is -0.336 e. The number of nitriles is 1. The summed E-state index contributed by atoms with van der Waals surface area (Å²) < 4.78 is 13.5. The first-order chi connectivity index (χ1) is 18.4. The summed E-state index contributed by atoms with van der Waals surface area (Å²) in [6.07, 6.45) is 1.12. The molecule has 2 N–H and O–H groups in total. The number of anilines is 1. The van der Waals surface area contributed by atoms with Gasteiger partial charge in [-0.3, -0.25) is 4.90 Å². The van der Waals surface area contributed by atoms with Crippen molar-refractivity contribution in [2.75, 3.05) is 38.0 Å². The number of carbonyl (C=O) groups is 1. The van der Waals surface area contributed by atoms with E-state index in [2.05, 4.69) is 64.6 Å². The Morgan fingerprint density at radius 2 is 1.92 bits per heavy atom. The monoisotopic (exact) mass is 533 g/mol. The van der Waals surface area contributed by atoms with Crippen molar-refractivity contribution in [2.45, 2.75) is 32.4 Å². The first-order valence-corrected chi connectivity index (χ1v) is 13.3. The molecule has 1 fully saturated rings. The maximum atomic E-state index is 13.5. The third-order valence-corrected chi connectivity index (χ3v) is 7.25. The molecule has 198 valence electrons. The predicted molar refractivity (Wildman–Crippen MR) is 151 cm³/mol. The van der Waals surface area contributed by atoms with Crippen molar-refractivity contribution >= 4 is 23.3 Å². The van der Waals surface area contributed by atoms with Crippen molar-refractivity contribution in [3.63, 3.8) is 0 Å². The highest BCUT2D eigenvalue weighted by molar-refractivity contribution is 6.31. The largest absolute Gasteiger partial charge is 0.336 e. The zero-order valence-corrected chi connectivity index (χ0v) is 22.5. The molecule has 2 atom stereocenters. The number of urea groups is 1. The standard InChI is InChI=1S/C30H33ClFN5O/c1-3-13-36-14-15-37(21(2)20-36)29(19-34-30(38)35-26-11-12-28(32)27(31)17-26)24-9-7-23(8-10-24)25-6-4-5-22(16-25)18-33/h4-12,16-17,21,29H,3,13-15,19-20H2,1-2H3,(H2,34,35,38)/t21-,29+/m0/s1. The molecule has 0 unspecified atom stereocenters. The minimum atomic E-state index is -0.531. The summed E-state index contributed by atoms with van der Waals surface area (Å²) in [5, 5.41) is 14.9. The fourth-order valence-electron chi connectivity index (χ4n) is 5.06. The van der Waals surface area contributed by atoms with Gasteiger partial charge in [0.2, 0.25) is 0 Å². The molecule has 4 rings (SSSR count). The van der Waals surface area contributed by atoms with Crippen LogP contribution < -0.4 is 10.6 Å². The van der Waals surface area contributed by atoms with E-state index < -0.39 is 5.82 Å². The Bertz CT molecular complexity index is 1290. The van der Waals surface area contributed by atoms with Gasteiger partial charge in [-0.25, -0.2) is 9.18 Å². The van der Waals surface area contributed by atoms with Crippen LogP contribution in [0.3, 0.4) is 0 Å². The Hall–Kier alpha value is -3.44. The van der Waals surface area contributed by atoms with E-state index >= 15 is 0 Å². The highest BCUT2D eigenvalue weighted by Crippen LogP contribution is 2.28. The Morgan fingerprint density at radius 3 is 2.61 bits per heavy atom. The van der Waals surface area contributed by atoms with Crippen LogP contribution >= 0.6 is 11.6 Å². The summed E-state index contributed by atoms with van der Waals surface area (Å²) in [6, 6.07) is 22.1. The van der Waals surface area contributed by atoms with Gasteiger partial charge in [0.25, 0.3) is 0 Å². The lowest BCUT2D eigenvalue weighted by Gasteiger charge is -2.44. The lowest BCUT2D eigenvalue weighted by atomic mass is 9.97. The van der Waals surface area contributed by atoms with E-state index in [9.17, 15) is 14.4 Å². The zero-order valence-electron chi connectivity index (χ0n) is 21.8. The number of hydrogen-bond acceptors (Lipinski definition) is 4. The number of benzene rings is 3. The van der Waals surface area contributed by atoms with E-state index in [0.29, 0.717) is 23.8 Å². The number of amides is 2. The SMILES string of the molecule is CCCN1CCN([C@H](CNC(=O)Nc2ccc(F)c(Cl)c2)c2ccc(-c3cccc(C#N)c3)cc2)[C@@H](C)C1. The van der Waals surface area contributed by atoms with Crippen molar-refractivity contribution in [2.24, 2.45) is 0 Å². The van der Waals surface area contributed by atoms with Crippen LogP contribution in [-0.2, 0) is 0 Å². The summed E-state index contributed by atoms with van der Waals surface area (Å²) in [4.78, 5) is 17.7. The first-order valence-electron chi connectivity index (χ1n) is 13.0. The van der Waals surface area contributed by atoms with Crippen molar-refractivity contribution < 1.29 is 9.18 Å². The lowest BCUT2D eigenvalue weighted by Crippen LogP contribution is -2.54. The lowest BCUT2D eigenvalue weighted by molar-refractivity contribution is 0.0490. The van der Waals surface area contributed by atoms with E-state index in [1.54, 1.807) is 6.07 Å². The van der Waals surface area contributed by atoms with Crippen LogP contribution in [0.15, 0.2) is 66.7 Å². The second-order valence-electron chi connectivity index (χ2n) is 9.68. The van der Waals surface area contributed by atoms with Crippen molar-refractivity contribution in [3.8, 4) is 17.2 Å². The number of nitrogens with one attached hydrogen (secondary N) is 2. The maximum Gasteiger partial charge on any atom is 0.319 e. The number of carbonyl (C=O) groups excluding carboxylic acids is 1. The Balaban J connectivity index is 1.52. The molecule has 3 aromatic rings. The Morgan fingerprint density at radius 1 is 1.13 bits per heavy atom. The van der Waals surface area contributed by atoms with Gasteiger partial charge in [0.15, 0.2) is 0 Å². The topological polar surface area (TPSA) is 71.4 Å². The van der Waals surface area contributed by atoms with Gasteiger partial charge < -0.3 is 15.5 Å². The summed E-state index contributed by atoms with van der Waals surface area (Å²) in [6.45, 7) is 8.77. The average molecular weight is 534 g/mol. The molecular formula is C30H33ClFN5O. The maximum absolute atomic E-state index is 13.5. The van der Waals surface area contributed by atoms with E-state index in [1.165, 1.54) is 18.2 Å². The van der Waals surface area contributed by atoms with Gasteiger partial charge in [0.05, 0.1) is 22.7 Å². The summed E-state index contributed by atoms with van der Waals surface area (Å²) in [5.41, 5.74) is 4.18. The van der Waals surface area contributed by atoms with Gasteiger partial charge in [-0.15, -0.1) is 0 Å². The molecule has 0 bridgehead atoms. The van der Waals surface area contributed by atoms with Crippen molar-refractivity contribution in [3.05, 3.63) is 88.7 Å². The van der Waals surface area contributed by atoms with E-state index in [-0.39, 0.29) is 17.1 Å². The summed E-state index contributed by atoms with van der Waals surface area (Å²) in [7, 11) is 0. The molecule has 38 heavy (non-hydrogen) atoms. The Labute approximate surface area is 229 Å². The van der Waals surface area contributed by atoms with Gasteiger partial charge >= 0.3 is 6.03 Å². The predicted octanol–water partition coefficient (Wildman–Crippen LogP) is 6.30. The van der Waals surface area contributed by atoms with Gasteiger partial charge in [-0.2, -0.15) is 5.26 Å². The van der Waals surface area contributed by atoms with Crippen molar-refractivity contribution in [1.29, 1.82) is 5.26 Å². The number of nitrogens with zero attached hydrogens (tertiary/aromatic N) is 3. The van der Waals surface area contributed by atoms with E-state index in [1.807, 2.05) is 18.2 Å². The molecule has 0 aliphatic carbocycles. The quantitative estimate of drug-likeness (QED) is 0.356. The second kappa shape index (κ2) is 12.9. The molecule has 1 heterocycles. The smallest absolute Gasteiger partial charge is 0.319 e. The van der Waals surface area contributed by atoms with Crippen LogP contribution in [0.5, 0.6) is 0 Å². The molecule has 1 aliphatic heterocycles. The number of hydrogen-bond donors (Lipinski definition) is 2. The summed E-state index contributed by atoms with van der Waals surface area (Å²) >= 11 is 5.86. The van der Waals surface area contributed by atoms with Crippen LogP contribution in [0.25, 0.3) is 11.1 Å². The Kier molecular flexibility index (Phi) is 9.35. The first kappa shape index (κ1) is 27.6. The molecule has 0 aromatic heterocycles. The van der Waals surface area contributed by atoms with Crippen LogP contribution in [0, 0.1) is 17.1 Å². The molecule has 0 saturated carbocycles. The second-order valence-corrected chi connectivity index (χ2v) is 10.1. The molecule has 3 aromatic carbocycles. The highest BCUT2D eigenvalue weighted by Gasteiger charge is 2.30. The fraction of sp³-hybridized carbons (Fsp3) is 0.333. The van der Waals surface area contributed by atoms with E-state index in [4.69, 9.17) is 11.6 Å². The average Bonchev–Trinajstić information content (AvgIpc) is 2.92. The molecular weight excluding hydrogens is 501 g/mol. The highest BCUT2D eigenvalue weighted by atomic mass is 35.5. The molecule has 2 amide bonds. The number of piperazine rings is 1. The minimum absolute atomic E-state index is 0.0316. The van der Waals surface area contributed by atoms with Crippen LogP contribution in [0.2, 0.25) is 5.02 Å². The van der Waals surface area contributed by atoms with Gasteiger partial charge in [0, 0.05) is 37.9 Å². The third-order valence-electron chi connectivity index (χ3n) is 6.96. The molecule has 1 aliphatic rings. The van der Waals surface area contributed by atoms with Crippen LogP contribution in [0.1, 0.15) is 37.4 Å². The summed E-state index contributed by atoms with van der Waals surface area (Å²) in [5.74, 6) is -0.531. The van der Waals surface area contributed by atoms with Crippen molar-refractivity contribution in [1.82, 2.24) is 15.1 Å². The molecule has 6 nitrogen and oxygen atoms in total. The van der Waals surface area contributed by atoms with Crippen LogP contribution in [0.4, 0.5) is 14.9 Å². The molecule has 0 radical (unpaired) electrons. The normalized spacial score (nSPS) is 17.0. The van der Waals surface area contributed by atoms with E-state index in [0.717, 1.165) is 49.3 Å². The van der Waals surface area contributed by atoms with Crippen LogP contribution in [-0.4, -0.2) is 54.6 Å². The van der Waals surface area contributed by atoms with Gasteiger partial charge in [-0.05, 0) is 66.9 Å². The third kappa shape index (κ3) is 6.90. The fourth-order valence-corrected chi connectivity index (χ4v) is 5.24. The number of halogens is 2. The number of rotatable bonds is 8.